The van der Waals surface area contributed by atoms with Crippen molar-refractivity contribution in [3.05, 3.63) is 16.4 Å². The molecule has 2 rings (SSSR count). The van der Waals surface area contributed by atoms with Crippen molar-refractivity contribution in [3.8, 4) is 0 Å². The van der Waals surface area contributed by atoms with Crippen molar-refractivity contribution < 1.29 is 0 Å². The smallest absolute Gasteiger partial charge is 0.0635 e. The van der Waals surface area contributed by atoms with E-state index in [0.29, 0.717) is 12.0 Å². The van der Waals surface area contributed by atoms with Crippen molar-refractivity contribution in [1.29, 1.82) is 0 Å². The third kappa shape index (κ3) is 3.64. The van der Waals surface area contributed by atoms with Crippen LogP contribution >= 0.6 is 15.9 Å². The fourth-order valence-electron chi connectivity index (χ4n) is 3.31. The zero-order valence-corrected chi connectivity index (χ0v) is 14.8. The molecule has 0 aromatic carbocycles. The van der Waals surface area contributed by atoms with Gasteiger partial charge >= 0.3 is 0 Å². The molecular formula is C16H28BrN3. The van der Waals surface area contributed by atoms with Crippen molar-refractivity contribution >= 4 is 15.9 Å². The van der Waals surface area contributed by atoms with Crippen molar-refractivity contribution in [2.45, 2.75) is 58.9 Å². The van der Waals surface area contributed by atoms with Gasteiger partial charge in [0.2, 0.25) is 0 Å². The number of nitrogens with zero attached hydrogens (tertiary/aromatic N) is 2. The number of rotatable bonds is 6. The zero-order chi connectivity index (χ0) is 14.7. The lowest BCUT2D eigenvalue weighted by molar-refractivity contribution is 0.395. The summed E-state index contributed by atoms with van der Waals surface area (Å²) in [5.41, 5.74) is 1.41. The molecule has 1 aromatic heterocycles. The molecule has 2 unspecified atom stereocenters. The highest BCUT2D eigenvalue weighted by molar-refractivity contribution is 9.10. The lowest BCUT2D eigenvalue weighted by Gasteiger charge is -2.23. The summed E-state index contributed by atoms with van der Waals surface area (Å²) in [5.74, 6) is 2.12. The largest absolute Gasteiger partial charge is 0.316 e. The Kier molecular flexibility index (Phi) is 5.67. The van der Waals surface area contributed by atoms with E-state index in [9.17, 15) is 0 Å². The summed E-state index contributed by atoms with van der Waals surface area (Å²) in [5, 5.41) is 8.19. The molecule has 0 spiro atoms. The maximum Gasteiger partial charge on any atom is 0.0635 e. The van der Waals surface area contributed by atoms with Crippen molar-refractivity contribution in [2.24, 2.45) is 11.8 Å². The predicted octanol–water partition coefficient (Wildman–Crippen LogP) is 4.36. The van der Waals surface area contributed by atoms with Gasteiger partial charge in [0, 0.05) is 12.0 Å². The Hall–Kier alpha value is -0.350. The summed E-state index contributed by atoms with van der Waals surface area (Å²) in [6.07, 6.45) is 5.94. The van der Waals surface area contributed by atoms with Crippen LogP contribution in [0.15, 0.2) is 10.7 Å². The molecule has 1 aliphatic carbocycles. The van der Waals surface area contributed by atoms with E-state index in [2.05, 4.69) is 58.7 Å². The standard InChI is InChI=1S/C16H28BrN3/c1-11(2)8-18-9-13-6-5-7-14(13)16-15(17)10-19-20(16)12(3)4/h10-14,18H,5-9H2,1-4H3. The highest BCUT2D eigenvalue weighted by Crippen LogP contribution is 2.42. The maximum atomic E-state index is 4.55. The maximum absolute atomic E-state index is 4.55. The van der Waals surface area contributed by atoms with Gasteiger partial charge in [0.15, 0.2) is 0 Å². The molecule has 0 saturated heterocycles. The normalized spacial score (nSPS) is 23.1. The Morgan fingerprint density at radius 1 is 1.35 bits per heavy atom. The predicted molar refractivity (Wildman–Crippen MR) is 88.1 cm³/mol. The molecule has 1 aliphatic rings. The van der Waals surface area contributed by atoms with E-state index in [1.54, 1.807) is 0 Å². The van der Waals surface area contributed by atoms with Gasteiger partial charge < -0.3 is 5.32 Å². The summed E-state index contributed by atoms with van der Waals surface area (Å²) in [7, 11) is 0. The van der Waals surface area contributed by atoms with Crippen LogP contribution in [0.3, 0.4) is 0 Å². The molecule has 0 radical (unpaired) electrons. The van der Waals surface area contributed by atoms with E-state index in [-0.39, 0.29) is 0 Å². The van der Waals surface area contributed by atoms with E-state index in [1.165, 1.54) is 29.4 Å². The Morgan fingerprint density at radius 2 is 2.10 bits per heavy atom. The quantitative estimate of drug-likeness (QED) is 0.833. The molecule has 20 heavy (non-hydrogen) atoms. The van der Waals surface area contributed by atoms with Gasteiger partial charge in [-0.05, 0) is 67.5 Å². The van der Waals surface area contributed by atoms with Crippen LogP contribution in [0.25, 0.3) is 0 Å². The first-order valence-electron chi connectivity index (χ1n) is 7.94. The lowest BCUT2D eigenvalue weighted by Crippen LogP contribution is -2.28. The van der Waals surface area contributed by atoms with Gasteiger partial charge in [-0.3, -0.25) is 4.68 Å². The van der Waals surface area contributed by atoms with Crippen LogP contribution in [0.4, 0.5) is 0 Å². The third-order valence-corrected chi connectivity index (χ3v) is 4.86. The van der Waals surface area contributed by atoms with Gasteiger partial charge in [-0.2, -0.15) is 5.10 Å². The van der Waals surface area contributed by atoms with Crippen LogP contribution in [-0.4, -0.2) is 22.9 Å². The van der Waals surface area contributed by atoms with E-state index in [4.69, 9.17) is 0 Å². The highest BCUT2D eigenvalue weighted by Gasteiger charge is 2.32. The Morgan fingerprint density at radius 3 is 2.75 bits per heavy atom. The van der Waals surface area contributed by atoms with Crippen molar-refractivity contribution in [1.82, 2.24) is 15.1 Å². The van der Waals surface area contributed by atoms with E-state index < -0.39 is 0 Å². The molecular weight excluding hydrogens is 314 g/mol. The van der Waals surface area contributed by atoms with Crippen LogP contribution in [-0.2, 0) is 0 Å². The monoisotopic (exact) mass is 341 g/mol. The van der Waals surface area contributed by atoms with Crippen molar-refractivity contribution in [3.63, 3.8) is 0 Å². The summed E-state index contributed by atoms with van der Waals surface area (Å²) >= 11 is 3.71. The molecule has 1 aromatic rings. The second-order valence-corrected chi connectivity index (χ2v) is 7.62. The van der Waals surface area contributed by atoms with Gasteiger partial charge in [-0.15, -0.1) is 0 Å². The second kappa shape index (κ2) is 7.08. The fourth-order valence-corrected chi connectivity index (χ4v) is 3.87. The number of hydrogen-bond donors (Lipinski definition) is 1. The van der Waals surface area contributed by atoms with Gasteiger partial charge in [-0.25, -0.2) is 0 Å². The summed E-state index contributed by atoms with van der Waals surface area (Å²) < 4.78 is 3.39. The fraction of sp³-hybridized carbons (Fsp3) is 0.812. The van der Waals surface area contributed by atoms with Crippen LogP contribution in [0, 0.1) is 11.8 Å². The number of aromatic nitrogens is 2. The minimum Gasteiger partial charge on any atom is -0.316 e. The van der Waals surface area contributed by atoms with Gasteiger partial charge in [0.25, 0.3) is 0 Å². The molecule has 0 amide bonds. The number of halogens is 1. The Balaban J connectivity index is 2.08. The minimum absolute atomic E-state index is 0.432. The van der Waals surface area contributed by atoms with Crippen LogP contribution in [0.5, 0.6) is 0 Å². The Bertz CT molecular complexity index is 425. The number of hydrogen-bond acceptors (Lipinski definition) is 2. The first-order valence-corrected chi connectivity index (χ1v) is 8.73. The molecule has 0 aliphatic heterocycles. The summed E-state index contributed by atoms with van der Waals surface area (Å²) in [4.78, 5) is 0. The number of nitrogens with one attached hydrogen (secondary N) is 1. The van der Waals surface area contributed by atoms with Crippen molar-refractivity contribution in [2.75, 3.05) is 13.1 Å². The van der Waals surface area contributed by atoms with Gasteiger partial charge in [-0.1, -0.05) is 20.3 Å². The topological polar surface area (TPSA) is 29.9 Å². The molecule has 2 atom stereocenters. The van der Waals surface area contributed by atoms with Gasteiger partial charge in [0.05, 0.1) is 16.4 Å². The molecule has 3 nitrogen and oxygen atoms in total. The molecule has 1 heterocycles. The van der Waals surface area contributed by atoms with Crippen LogP contribution < -0.4 is 5.32 Å². The highest BCUT2D eigenvalue weighted by atomic mass is 79.9. The minimum atomic E-state index is 0.432. The molecule has 1 saturated carbocycles. The van der Waals surface area contributed by atoms with E-state index in [0.717, 1.165) is 24.9 Å². The van der Waals surface area contributed by atoms with E-state index >= 15 is 0 Å². The van der Waals surface area contributed by atoms with Gasteiger partial charge in [0.1, 0.15) is 0 Å². The Labute approximate surface area is 131 Å². The van der Waals surface area contributed by atoms with Crippen LogP contribution in [0.1, 0.15) is 64.6 Å². The second-order valence-electron chi connectivity index (χ2n) is 6.77. The van der Waals surface area contributed by atoms with E-state index in [1.807, 2.05) is 6.20 Å². The average molecular weight is 342 g/mol. The first-order chi connectivity index (χ1) is 9.50. The average Bonchev–Trinajstić information content (AvgIpc) is 2.94. The SMILES string of the molecule is CC(C)CNCC1CCCC1c1c(Br)cnn1C(C)C. The molecule has 1 fully saturated rings. The molecule has 1 N–H and O–H groups in total. The summed E-state index contributed by atoms with van der Waals surface area (Å²) in [6, 6.07) is 0.432. The summed E-state index contributed by atoms with van der Waals surface area (Å²) in [6.45, 7) is 11.2. The van der Waals surface area contributed by atoms with Crippen LogP contribution in [0.2, 0.25) is 0 Å². The lowest BCUT2D eigenvalue weighted by atomic mass is 9.92. The third-order valence-electron chi connectivity index (χ3n) is 4.25. The zero-order valence-electron chi connectivity index (χ0n) is 13.2. The molecule has 114 valence electrons. The first kappa shape index (κ1) is 16.0. The molecule has 4 heteroatoms. The molecule has 0 bridgehead atoms.